The zero-order valence-electron chi connectivity index (χ0n) is 16.6. The minimum Gasteiger partial charge on any atom is -0.426 e. The van der Waals surface area contributed by atoms with Crippen LogP contribution in [0.25, 0.3) is 0 Å². The number of amidine groups is 1. The minimum atomic E-state index is -0.836. The average molecular weight is 407 g/mol. The third kappa shape index (κ3) is 3.72. The fourth-order valence-electron chi connectivity index (χ4n) is 2.91. The maximum absolute atomic E-state index is 12.9. The predicted octanol–water partition coefficient (Wildman–Crippen LogP) is 1.79. The summed E-state index contributed by atoms with van der Waals surface area (Å²) in [5.41, 5.74) is 6.64. The maximum atomic E-state index is 12.9. The normalized spacial score (nSPS) is 15.6. The van der Waals surface area contributed by atoms with E-state index in [0.29, 0.717) is 11.3 Å². The molecule has 1 aliphatic rings. The van der Waals surface area contributed by atoms with Gasteiger partial charge in [0.15, 0.2) is 0 Å². The van der Waals surface area contributed by atoms with Crippen molar-refractivity contribution in [1.82, 2.24) is 4.90 Å². The Morgan fingerprint density at radius 2 is 1.73 bits per heavy atom. The van der Waals surface area contributed by atoms with E-state index in [0.717, 1.165) is 9.48 Å². The molecule has 2 aromatic carbocycles. The fourth-order valence-corrected chi connectivity index (χ4v) is 2.91. The third-order valence-electron chi connectivity index (χ3n) is 4.38. The van der Waals surface area contributed by atoms with E-state index in [9.17, 15) is 19.2 Å². The first-order chi connectivity index (χ1) is 14.2. The van der Waals surface area contributed by atoms with Gasteiger partial charge in [0, 0.05) is 6.92 Å². The van der Waals surface area contributed by atoms with Gasteiger partial charge >= 0.3 is 17.9 Å². The van der Waals surface area contributed by atoms with Crippen molar-refractivity contribution in [3.63, 3.8) is 0 Å². The van der Waals surface area contributed by atoms with Crippen molar-refractivity contribution in [1.29, 1.82) is 0 Å². The highest BCUT2D eigenvalue weighted by Crippen LogP contribution is 2.25. The highest BCUT2D eigenvalue weighted by molar-refractivity contribution is 6.68. The number of nitrogens with zero attached hydrogens (tertiary/aromatic N) is 3. The second-order valence-electron chi connectivity index (χ2n) is 6.51. The summed E-state index contributed by atoms with van der Waals surface area (Å²) in [6.07, 6.45) is 0. The number of nitrogens with two attached hydrogens (primary N) is 1. The highest BCUT2D eigenvalue weighted by Gasteiger charge is 2.42. The molecule has 0 fully saturated rings. The molecule has 4 amide bonds. The van der Waals surface area contributed by atoms with Crippen molar-refractivity contribution in [3.8, 4) is 5.75 Å². The van der Waals surface area contributed by atoms with E-state index in [1.165, 1.54) is 20.0 Å². The van der Waals surface area contributed by atoms with Crippen LogP contribution in [0.1, 0.15) is 22.8 Å². The monoisotopic (exact) mass is 407 g/mol. The molecule has 0 aliphatic carbocycles. The number of hydrogen-bond acceptors (Lipinski definition) is 6. The summed E-state index contributed by atoms with van der Waals surface area (Å²) in [7, 11) is 1.27. The van der Waals surface area contributed by atoms with Crippen molar-refractivity contribution >= 4 is 41.0 Å². The van der Waals surface area contributed by atoms with Gasteiger partial charge in [-0.25, -0.2) is 9.59 Å². The molecule has 9 nitrogen and oxygen atoms in total. The molecule has 3 rings (SSSR count). The van der Waals surface area contributed by atoms with Crippen LogP contribution in [0.2, 0.25) is 0 Å². The van der Waals surface area contributed by atoms with Gasteiger partial charge in [-0.05, 0) is 30.7 Å². The SMILES string of the molecule is CC(=O)Oc1c(C)cccc1C(=O)N=C1C(=O)N(C)C(=O)[N+](c2ccccc2)=C1N. The highest BCUT2D eigenvalue weighted by atomic mass is 16.5. The predicted molar refractivity (Wildman–Crippen MR) is 108 cm³/mol. The van der Waals surface area contributed by atoms with Crippen LogP contribution in [0.3, 0.4) is 0 Å². The minimum absolute atomic E-state index is 0.0101. The lowest BCUT2D eigenvalue weighted by Gasteiger charge is -2.20. The number of para-hydroxylation sites is 2. The smallest absolute Gasteiger partial charge is 0.426 e. The number of rotatable bonds is 3. The van der Waals surface area contributed by atoms with Crippen LogP contribution in [-0.4, -0.2) is 51.9 Å². The molecule has 9 heteroatoms. The average Bonchev–Trinajstić information content (AvgIpc) is 2.71. The van der Waals surface area contributed by atoms with Gasteiger partial charge in [-0.15, -0.1) is 0 Å². The lowest BCUT2D eigenvalue weighted by Crippen LogP contribution is -2.55. The lowest BCUT2D eigenvalue weighted by atomic mass is 10.1. The van der Waals surface area contributed by atoms with Gasteiger partial charge in [0.05, 0.1) is 12.6 Å². The Morgan fingerprint density at radius 3 is 2.37 bits per heavy atom. The van der Waals surface area contributed by atoms with Gasteiger partial charge in [-0.3, -0.25) is 9.59 Å². The molecule has 0 aromatic heterocycles. The van der Waals surface area contributed by atoms with Gasteiger partial charge in [-0.1, -0.05) is 30.3 Å². The van der Waals surface area contributed by atoms with E-state index in [1.54, 1.807) is 49.4 Å². The molecule has 30 heavy (non-hydrogen) atoms. The topological polar surface area (TPSA) is 122 Å². The Morgan fingerprint density at radius 1 is 1.07 bits per heavy atom. The van der Waals surface area contributed by atoms with Crippen LogP contribution in [0.5, 0.6) is 5.75 Å². The molecule has 0 unspecified atom stereocenters. The molecule has 0 radical (unpaired) electrons. The van der Waals surface area contributed by atoms with E-state index in [-0.39, 0.29) is 22.9 Å². The Bertz CT molecular complexity index is 1140. The molecule has 0 saturated carbocycles. The number of urea groups is 1. The first-order valence-electron chi connectivity index (χ1n) is 8.93. The molecule has 0 spiro atoms. The summed E-state index contributed by atoms with van der Waals surface area (Å²) in [4.78, 5) is 54.2. The zero-order valence-corrected chi connectivity index (χ0v) is 16.6. The number of aliphatic imine (C=N–C) groups is 1. The Kier molecular flexibility index (Phi) is 5.54. The largest absolute Gasteiger partial charge is 0.451 e. The summed E-state index contributed by atoms with van der Waals surface area (Å²) in [5, 5.41) is 0. The molecule has 2 aromatic rings. The summed E-state index contributed by atoms with van der Waals surface area (Å²) in [5.74, 6) is -2.49. The van der Waals surface area contributed by atoms with Crippen molar-refractivity contribution < 1.29 is 28.5 Å². The van der Waals surface area contributed by atoms with Crippen LogP contribution in [0.15, 0.2) is 53.5 Å². The van der Waals surface area contributed by atoms with Gasteiger partial charge in [0.2, 0.25) is 5.71 Å². The van der Waals surface area contributed by atoms with Crippen LogP contribution in [-0.2, 0) is 9.59 Å². The molecule has 152 valence electrons. The van der Waals surface area contributed by atoms with E-state index >= 15 is 0 Å². The van der Waals surface area contributed by atoms with Crippen molar-refractivity contribution in [2.24, 2.45) is 10.7 Å². The van der Waals surface area contributed by atoms with Crippen molar-refractivity contribution in [2.75, 3.05) is 7.05 Å². The van der Waals surface area contributed by atoms with Gasteiger partial charge in [-0.2, -0.15) is 14.5 Å². The first-order valence-corrected chi connectivity index (χ1v) is 8.93. The van der Waals surface area contributed by atoms with Crippen molar-refractivity contribution in [2.45, 2.75) is 13.8 Å². The molecule has 0 atom stereocenters. The van der Waals surface area contributed by atoms with Crippen LogP contribution >= 0.6 is 0 Å². The molecule has 1 heterocycles. The summed E-state index contributed by atoms with van der Waals surface area (Å²) >= 11 is 0. The van der Waals surface area contributed by atoms with Crippen LogP contribution in [0, 0.1) is 6.92 Å². The number of imide groups is 1. The number of amides is 4. The van der Waals surface area contributed by atoms with E-state index in [2.05, 4.69) is 4.99 Å². The third-order valence-corrected chi connectivity index (χ3v) is 4.38. The molecule has 0 bridgehead atoms. The van der Waals surface area contributed by atoms with E-state index in [4.69, 9.17) is 10.5 Å². The second-order valence-corrected chi connectivity index (χ2v) is 6.51. The summed E-state index contributed by atoms with van der Waals surface area (Å²) in [6, 6.07) is 12.4. The van der Waals surface area contributed by atoms with Crippen molar-refractivity contribution in [3.05, 3.63) is 59.7 Å². The number of benzene rings is 2. The first kappa shape index (κ1) is 20.6. The molecular weight excluding hydrogens is 388 g/mol. The number of hydrogen-bond donors (Lipinski definition) is 1. The van der Waals surface area contributed by atoms with Gasteiger partial charge in [0.1, 0.15) is 11.4 Å². The Balaban J connectivity index is 2.14. The van der Waals surface area contributed by atoms with E-state index < -0.39 is 23.8 Å². The summed E-state index contributed by atoms with van der Waals surface area (Å²) in [6.45, 7) is 2.87. The number of aryl methyl sites for hydroxylation is 1. The molecule has 1 aliphatic heterocycles. The second kappa shape index (κ2) is 8.08. The maximum Gasteiger partial charge on any atom is 0.451 e. The molecule has 2 N–H and O–H groups in total. The van der Waals surface area contributed by atoms with Gasteiger partial charge in [0.25, 0.3) is 11.7 Å². The molecular formula is C21H19N4O5+. The van der Waals surface area contributed by atoms with Crippen LogP contribution < -0.4 is 10.5 Å². The van der Waals surface area contributed by atoms with Crippen LogP contribution in [0.4, 0.5) is 10.5 Å². The standard InChI is InChI=1S/C21H18N4O5/c1-12-8-7-11-15(17(12)30-13(2)26)19(27)23-16-18(22)25(14-9-5-4-6-10-14)21(29)24(3)20(16)28/h4-11,22H,1-3H3/p+1. The number of carbonyl (C=O) groups is 4. The Hall–Kier alpha value is -4.14. The quantitative estimate of drug-likeness (QED) is 0.470. The number of carbonyl (C=O) groups excluding carboxylic acids is 4. The number of ether oxygens (including phenoxy) is 1. The summed E-state index contributed by atoms with van der Waals surface area (Å²) < 4.78 is 6.24. The number of esters is 1. The Labute approximate surface area is 172 Å². The fraction of sp³-hybridized carbons (Fsp3) is 0.143. The zero-order chi connectivity index (χ0) is 22.0. The molecule has 0 saturated heterocycles. The van der Waals surface area contributed by atoms with E-state index in [1.807, 2.05) is 0 Å². The van der Waals surface area contributed by atoms with Gasteiger partial charge < -0.3 is 10.5 Å². The lowest BCUT2D eigenvalue weighted by molar-refractivity contribution is -0.342.